The maximum Gasteiger partial charge on any atom is 0.240 e. The molecule has 0 aliphatic carbocycles. The lowest BCUT2D eigenvalue weighted by molar-refractivity contribution is 0.537. The highest BCUT2D eigenvalue weighted by atomic mass is 32.2. The molecule has 3 N–H and O–H groups in total. The smallest absolute Gasteiger partial charge is 0.240 e. The van der Waals surface area contributed by atoms with E-state index in [1.165, 1.54) is 32.0 Å². The first kappa shape index (κ1) is 18.0. The summed E-state index contributed by atoms with van der Waals surface area (Å²) >= 11 is 4.80. The molecule has 0 radical (unpaired) electrons. The van der Waals surface area contributed by atoms with Crippen molar-refractivity contribution in [2.45, 2.75) is 23.5 Å². The molecule has 0 unspecified atom stereocenters. The standard InChI is InChI=1S/C12H18N2O4S3/c1-12(2,20(3,15)16)8-14-21(17,18)10-6-4-5-9(7-10)11(13)19/h4-7,14H,8H2,1-3H3,(H2,13,19). The van der Waals surface area contributed by atoms with E-state index in [1.54, 1.807) is 6.07 Å². The van der Waals surface area contributed by atoms with Crippen LogP contribution in [0.2, 0.25) is 0 Å². The summed E-state index contributed by atoms with van der Waals surface area (Å²) in [5, 5.41) is 0. The first-order valence-electron chi connectivity index (χ1n) is 5.96. The van der Waals surface area contributed by atoms with Crippen molar-refractivity contribution in [1.82, 2.24) is 4.72 Å². The lowest BCUT2D eigenvalue weighted by Gasteiger charge is -2.22. The van der Waals surface area contributed by atoms with Gasteiger partial charge in [-0.15, -0.1) is 0 Å². The molecule has 0 aliphatic heterocycles. The second-order valence-corrected chi connectivity index (χ2v) is 10.1. The summed E-state index contributed by atoms with van der Waals surface area (Å²) in [7, 11) is -7.24. The Kier molecular flexibility index (Phi) is 5.14. The molecule has 0 bridgehead atoms. The Labute approximate surface area is 130 Å². The van der Waals surface area contributed by atoms with Crippen LogP contribution in [0.15, 0.2) is 29.2 Å². The zero-order valence-electron chi connectivity index (χ0n) is 12.0. The Morgan fingerprint density at radius 2 is 1.86 bits per heavy atom. The molecular weight excluding hydrogens is 332 g/mol. The Hall–Kier alpha value is -1.03. The van der Waals surface area contributed by atoms with Crippen LogP contribution in [0.25, 0.3) is 0 Å². The zero-order chi connectivity index (χ0) is 16.5. The van der Waals surface area contributed by atoms with E-state index in [9.17, 15) is 16.8 Å². The molecule has 0 amide bonds. The number of nitrogens with two attached hydrogens (primary N) is 1. The van der Waals surface area contributed by atoms with Crippen LogP contribution in [-0.4, -0.2) is 39.4 Å². The minimum atomic E-state index is -3.84. The average Bonchev–Trinajstić information content (AvgIpc) is 2.35. The summed E-state index contributed by atoms with van der Waals surface area (Å²) in [5.74, 6) is 0. The molecule has 0 heterocycles. The molecule has 0 saturated heterocycles. The molecule has 1 aromatic carbocycles. The van der Waals surface area contributed by atoms with E-state index in [0.29, 0.717) is 5.56 Å². The van der Waals surface area contributed by atoms with Gasteiger partial charge in [0.25, 0.3) is 0 Å². The van der Waals surface area contributed by atoms with E-state index in [4.69, 9.17) is 18.0 Å². The van der Waals surface area contributed by atoms with Gasteiger partial charge in [0.05, 0.1) is 9.64 Å². The summed E-state index contributed by atoms with van der Waals surface area (Å²) < 4.78 is 48.6. The van der Waals surface area contributed by atoms with E-state index < -0.39 is 24.6 Å². The predicted octanol–water partition coefficient (Wildman–Crippen LogP) is 0.422. The van der Waals surface area contributed by atoms with Gasteiger partial charge in [0.1, 0.15) is 4.99 Å². The van der Waals surface area contributed by atoms with Crippen LogP contribution in [-0.2, 0) is 19.9 Å². The Morgan fingerprint density at radius 1 is 1.29 bits per heavy atom. The van der Waals surface area contributed by atoms with Crippen molar-refractivity contribution in [3.63, 3.8) is 0 Å². The molecule has 0 fully saturated rings. The van der Waals surface area contributed by atoms with Crippen LogP contribution < -0.4 is 10.5 Å². The van der Waals surface area contributed by atoms with Crippen molar-refractivity contribution in [1.29, 1.82) is 0 Å². The third kappa shape index (κ3) is 4.47. The van der Waals surface area contributed by atoms with Gasteiger partial charge in [-0.3, -0.25) is 0 Å². The van der Waals surface area contributed by atoms with E-state index >= 15 is 0 Å². The fourth-order valence-corrected chi connectivity index (χ4v) is 3.11. The van der Waals surface area contributed by atoms with E-state index in [2.05, 4.69) is 4.72 Å². The van der Waals surface area contributed by atoms with E-state index in [0.717, 1.165) is 6.26 Å². The van der Waals surface area contributed by atoms with Gasteiger partial charge in [-0.05, 0) is 26.0 Å². The summed E-state index contributed by atoms with van der Waals surface area (Å²) in [6.45, 7) is 2.68. The second-order valence-electron chi connectivity index (χ2n) is 5.25. The Morgan fingerprint density at radius 3 is 2.33 bits per heavy atom. The van der Waals surface area contributed by atoms with Crippen LogP contribution in [0, 0.1) is 0 Å². The Balaban J connectivity index is 3.03. The van der Waals surface area contributed by atoms with Gasteiger partial charge in [0.2, 0.25) is 10.0 Å². The average molecular weight is 350 g/mol. The minimum Gasteiger partial charge on any atom is -0.389 e. The molecule has 1 rings (SSSR count). The monoisotopic (exact) mass is 350 g/mol. The highest BCUT2D eigenvalue weighted by Gasteiger charge is 2.31. The third-order valence-corrected chi connectivity index (χ3v) is 6.91. The molecule has 0 aromatic heterocycles. The molecule has 118 valence electrons. The summed E-state index contributed by atoms with van der Waals surface area (Å²) in [5.41, 5.74) is 5.89. The van der Waals surface area contributed by atoms with Crippen molar-refractivity contribution in [2.24, 2.45) is 5.73 Å². The SMILES string of the molecule is CC(C)(CNS(=O)(=O)c1cccc(C(N)=S)c1)S(C)(=O)=O. The van der Waals surface area contributed by atoms with Gasteiger partial charge in [0.15, 0.2) is 9.84 Å². The molecule has 9 heteroatoms. The van der Waals surface area contributed by atoms with Gasteiger partial charge in [-0.2, -0.15) is 0 Å². The fourth-order valence-electron chi connectivity index (χ4n) is 1.30. The number of hydrogen-bond acceptors (Lipinski definition) is 5. The maximum absolute atomic E-state index is 12.2. The topological polar surface area (TPSA) is 106 Å². The molecule has 21 heavy (non-hydrogen) atoms. The zero-order valence-corrected chi connectivity index (χ0v) is 14.4. The summed E-state index contributed by atoms with van der Waals surface area (Å²) in [6.07, 6.45) is 1.06. The lowest BCUT2D eigenvalue weighted by atomic mass is 10.2. The summed E-state index contributed by atoms with van der Waals surface area (Å²) in [4.78, 5) is 0.0700. The van der Waals surface area contributed by atoms with Gasteiger partial charge in [0, 0.05) is 18.4 Å². The lowest BCUT2D eigenvalue weighted by Crippen LogP contribution is -2.43. The van der Waals surface area contributed by atoms with Gasteiger partial charge in [-0.1, -0.05) is 24.4 Å². The quantitative estimate of drug-likeness (QED) is 0.720. The number of benzene rings is 1. The first-order chi connectivity index (χ1) is 9.37. The predicted molar refractivity (Wildman–Crippen MR) is 86.4 cm³/mol. The number of sulfonamides is 1. The number of nitrogens with one attached hydrogen (secondary N) is 1. The van der Waals surface area contributed by atoms with Crippen LogP contribution in [0.5, 0.6) is 0 Å². The van der Waals surface area contributed by atoms with Gasteiger partial charge < -0.3 is 5.73 Å². The molecule has 0 aliphatic rings. The molecule has 0 saturated carbocycles. The van der Waals surface area contributed by atoms with Crippen LogP contribution in [0.3, 0.4) is 0 Å². The van der Waals surface area contributed by atoms with Crippen molar-refractivity contribution in [2.75, 3.05) is 12.8 Å². The number of sulfone groups is 1. The van der Waals surface area contributed by atoms with Gasteiger partial charge in [-0.25, -0.2) is 21.6 Å². The van der Waals surface area contributed by atoms with Crippen LogP contribution in [0.1, 0.15) is 19.4 Å². The van der Waals surface area contributed by atoms with E-state index in [1.807, 2.05) is 0 Å². The molecular formula is C12H18N2O4S3. The highest BCUT2D eigenvalue weighted by Crippen LogP contribution is 2.16. The third-order valence-electron chi connectivity index (χ3n) is 3.12. The summed E-state index contributed by atoms with van der Waals surface area (Å²) in [6, 6.07) is 5.85. The minimum absolute atomic E-state index is 0.0166. The number of thiocarbonyl (C=S) groups is 1. The largest absolute Gasteiger partial charge is 0.389 e. The van der Waals surface area contributed by atoms with Crippen LogP contribution in [0.4, 0.5) is 0 Å². The molecule has 0 atom stereocenters. The normalized spacial score (nSPS) is 13.1. The molecule has 0 spiro atoms. The van der Waals surface area contributed by atoms with Crippen LogP contribution >= 0.6 is 12.2 Å². The maximum atomic E-state index is 12.2. The van der Waals surface area contributed by atoms with Crippen molar-refractivity contribution in [3.05, 3.63) is 29.8 Å². The number of rotatable bonds is 6. The fraction of sp³-hybridized carbons (Fsp3) is 0.417. The second kappa shape index (κ2) is 5.99. The van der Waals surface area contributed by atoms with E-state index in [-0.39, 0.29) is 16.4 Å². The first-order valence-corrected chi connectivity index (χ1v) is 9.74. The molecule has 6 nitrogen and oxygen atoms in total. The van der Waals surface area contributed by atoms with Crippen molar-refractivity contribution < 1.29 is 16.8 Å². The highest BCUT2D eigenvalue weighted by molar-refractivity contribution is 7.92. The van der Waals surface area contributed by atoms with Crippen molar-refractivity contribution in [3.8, 4) is 0 Å². The van der Waals surface area contributed by atoms with Gasteiger partial charge >= 0.3 is 0 Å². The van der Waals surface area contributed by atoms with Crippen molar-refractivity contribution >= 4 is 37.1 Å². The number of hydrogen-bond donors (Lipinski definition) is 2. The Bertz CT molecular complexity index is 752. The molecule has 1 aromatic rings.